The minimum Gasteiger partial charge on any atom is -0.391 e. The third-order valence-corrected chi connectivity index (χ3v) is 7.11. The summed E-state index contributed by atoms with van der Waals surface area (Å²) in [4.78, 5) is 0. The van der Waals surface area contributed by atoms with Gasteiger partial charge in [0.15, 0.2) is 0 Å². The first kappa shape index (κ1) is 16.9. The average molecular weight is 345 g/mol. The van der Waals surface area contributed by atoms with E-state index in [1.165, 1.54) is 5.19 Å². The zero-order chi connectivity index (χ0) is 14.1. The lowest BCUT2D eigenvalue weighted by Crippen LogP contribution is -2.54. The van der Waals surface area contributed by atoms with Gasteiger partial charge in [0.2, 0.25) is 0 Å². The van der Waals surface area contributed by atoms with Crippen LogP contribution < -0.4 is 5.19 Å². The zero-order valence-electron chi connectivity index (χ0n) is 12.2. The van der Waals surface area contributed by atoms with Crippen molar-refractivity contribution in [3.63, 3.8) is 0 Å². The largest absolute Gasteiger partial charge is 0.391 e. The number of rotatable bonds is 9. The van der Waals surface area contributed by atoms with Crippen molar-refractivity contribution in [3.05, 3.63) is 28.7 Å². The van der Waals surface area contributed by atoms with Crippen LogP contribution in [0.25, 0.3) is 0 Å². The second-order valence-corrected chi connectivity index (χ2v) is 8.79. The quantitative estimate of drug-likeness (QED) is 0.619. The van der Waals surface area contributed by atoms with Crippen molar-refractivity contribution < 1.29 is 8.85 Å². The Bertz CT molecular complexity index is 363. The van der Waals surface area contributed by atoms with Crippen LogP contribution in [0.3, 0.4) is 0 Å². The lowest BCUT2D eigenvalue weighted by Gasteiger charge is -2.31. The first-order valence-corrected chi connectivity index (χ1v) is 10.0. The number of hydrogen-bond donors (Lipinski definition) is 0. The number of halogens is 1. The first-order chi connectivity index (χ1) is 9.18. The molecular formula is C15H25BrO2Si. The van der Waals surface area contributed by atoms with E-state index in [1.807, 2.05) is 6.07 Å². The predicted molar refractivity (Wildman–Crippen MR) is 87.1 cm³/mol. The summed E-state index contributed by atoms with van der Waals surface area (Å²) in [5.74, 6) is 0. The second-order valence-electron chi connectivity index (χ2n) is 4.71. The highest BCUT2D eigenvalue weighted by atomic mass is 79.9. The van der Waals surface area contributed by atoms with Gasteiger partial charge in [0.25, 0.3) is 0 Å². The van der Waals surface area contributed by atoms with E-state index in [4.69, 9.17) is 8.85 Å². The molecule has 0 aliphatic heterocycles. The van der Waals surface area contributed by atoms with Gasteiger partial charge in [-0.25, -0.2) is 0 Å². The van der Waals surface area contributed by atoms with Crippen LogP contribution in [0.5, 0.6) is 0 Å². The molecule has 0 saturated carbocycles. The molecule has 0 aliphatic carbocycles. The Balaban J connectivity index is 3.04. The Kier molecular flexibility index (Phi) is 7.91. The molecule has 1 aromatic rings. The average Bonchev–Trinajstić information content (AvgIpc) is 2.42. The first-order valence-electron chi connectivity index (χ1n) is 7.22. The Morgan fingerprint density at radius 1 is 1.00 bits per heavy atom. The van der Waals surface area contributed by atoms with Gasteiger partial charge >= 0.3 is 8.56 Å². The van der Waals surface area contributed by atoms with Crippen molar-refractivity contribution in [2.24, 2.45) is 0 Å². The number of hydrogen-bond acceptors (Lipinski definition) is 2. The molecule has 0 fully saturated rings. The number of benzene rings is 1. The summed E-state index contributed by atoms with van der Waals surface area (Å²) in [6.07, 6.45) is 3.15. The molecule has 0 unspecified atom stereocenters. The highest BCUT2D eigenvalue weighted by molar-refractivity contribution is 9.10. The van der Waals surface area contributed by atoms with Crippen LogP contribution >= 0.6 is 15.9 Å². The van der Waals surface area contributed by atoms with Crippen LogP contribution in [-0.2, 0) is 8.85 Å². The highest BCUT2D eigenvalue weighted by Crippen LogP contribution is 2.19. The van der Waals surface area contributed by atoms with Gasteiger partial charge in [-0.2, -0.15) is 0 Å². The third-order valence-electron chi connectivity index (χ3n) is 2.92. The predicted octanol–water partition coefficient (Wildman–Crippen LogP) is 4.36. The summed E-state index contributed by atoms with van der Waals surface area (Å²) >= 11 is 3.55. The normalized spacial score (nSPS) is 11.8. The van der Waals surface area contributed by atoms with Gasteiger partial charge in [-0.3, -0.25) is 0 Å². The summed E-state index contributed by atoms with van der Waals surface area (Å²) in [5, 5.41) is 1.24. The summed E-state index contributed by atoms with van der Waals surface area (Å²) in [6.45, 7) is 8.05. The lowest BCUT2D eigenvalue weighted by atomic mass is 10.4. The van der Waals surface area contributed by atoms with E-state index in [9.17, 15) is 0 Å². The van der Waals surface area contributed by atoms with Crippen molar-refractivity contribution >= 4 is 29.7 Å². The zero-order valence-corrected chi connectivity index (χ0v) is 14.8. The SMILES string of the molecule is CCCO[Si](CCC)(OCCC)c1cccc(Br)c1. The molecule has 0 radical (unpaired) electrons. The molecule has 0 N–H and O–H groups in total. The van der Waals surface area contributed by atoms with Gasteiger partial charge < -0.3 is 8.85 Å². The van der Waals surface area contributed by atoms with E-state index in [0.717, 1.165) is 43.0 Å². The van der Waals surface area contributed by atoms with Gasteiger partial charge in [-0.15, -0.1) is 0 Å². The van der Waals surface area contributed by atoms with Crippen LogP contribution in [0.1, 0.15) is 40.0 Å². The monoisotopic (exact) mass is 344 g/mol. The molecule has 108 valence electrons. The maximum Gasteiger partial charge on any atom is 0.372 e. The van der Waals surface area contributed by atoms with Crippen molar-refractivity contribution in [3.8, 4) is 0 Å². The fourth-order valence-corrected chi connectivity index (χ4v) is 6.14. The molecule has 1 rings (SSSR count). The maximum atomic E-state index is 6.26. The lowest BCUT2D eigenvalue weighted by molar-refractivity contribution is 0.179. The van der Waals surface area contributed by atoms with Gasteiger partial charge in [-0.1, -0.05) is 55.3 Å². The minimum atomic E-state index is -2.27. The third kappa shape index (κ3) is 5.03. The molecule has 0 heterocycles. The Morgan fingerprint density at radius 2 is 1.63 bits per heavy atom. The van der Waals surface area contributed by atoms with Crippen LogP contribution in [0.4, 0.5) is 0 Å². The van der Waals surface area contributed by atoms with Crippen molar-refractivity contribution in [2.75, 3.05) is 13.2 Å². The summed E-state index contributed by atoms with van der Waals surface area (Å²) < 4.78 is 13.6. The van der Waals surface area contributed by atoms with Crippen LogP contribution in [0.2, 0.25) is 6.04 Å². The van der Waals surface area contributed by atoms with E-state index >= 15 is 0 Å². The molecule has 0 aromatic heterocycles. The molecule has 19 heavy (non-hydrogen) atoms. The molecule has 0 aliphatic rings. The van der Waals surface area contributed by atoms with E-state index in [1.54, 1.807) is 0 Å². The Morgan fingerprint density at radius 3 is 2.11 bits per heavy atom. The molecule has 0 saturated heterocycles. The fraction of sp³-hybridized carbons (Fsp3) is 0.600. The summed E-state index contributed by atoms with van der Waals surface area (Å²) in [7, 11) is -2.27. The summed E-state index contributed by atoms with van der Waals surface area (Å²) in [6, 6.07) is 9.45. The van der Waals surface area contributed by atoms with Crippen LogP contribution in [0.15, 0.2) is 28.7 Å². The summed E-state index contributed by atoms with van der Waals surface area (Å²) in [5.41, 5.74) is 0. The van der Waals surface area contributed by atoms with Crippen molar-refractivity contribution in [1.82, 2.24) is 0 Å². The van der Waals surface area contributed by atoms with Crippen molar-refractivity contribution in [1.29, 1.82) is 0 Å². The molecule has 0 bridgehead atoms. The molecule has 0 amide bonds. The smallest absolute Gasteiger partial charge is 0.372 e. The van der Waals surface area contributed by atoms with E-state index in [0.29, 0.717) is 0 Å². The van der Waals surface area contributed by atoms with Crippen LogP contribution in [-0.4, -0.2) is 21.8 Å². The van der Waals surface area contributed by atoms with Gasteiger partial charge in [0.05, 0.1) is 0 Å². The topological polar surface area (TPSA) is 18.5 Å². The molecule has 4 heteroatoms. The van der Waals surface area contributed by atoms with Gasteiger partial charge in [0.1, 0.15) is 0 Å². The standard InChI is InChI=1S/C15H25BrO2Si/c1-4-10-17-19(12-6-3,18-11-5-2)15-9-7-8-14(16)13-15/h7-9,13H,4-6,10-12H2,1-3H3. The molecule has 1 aromatic carbocycles. The van der Waals surface area contributed by atoms with E-state index in [2.05, 4.69) is 54.9 Å². The van der Waals surface area contributed by atoms with Gasteiger partial charge in [-0.05, 0) is 36.2 Å². The molecule has 0 atom stereocenters. The van der Waals surface area contributed by atoms with Crippen molar-refractivity contribution in [2.45, 2.75) is 46.1 Å². The Labute approximate surface area is 126 Å². The van der Waals surface area contributed by atoms with Gasteiger partial charge in [0, 0.05) is 17.7 Å². The molecular weight excluding hydrogens is 320 g/mol. The second kappa shape index (κ2) is 8.90. The van der Waals surface area contributed by atoms with E-state index in [-0.39, 0.29) is 0 Å². The fourth-order valence-electron chi connectivity index (χ4n) is 2.09. The maximum absolute atomic E-state index is 6.26. The van der Waals surface area contributed by atoms with Crippen LogP contribution in [0, 0.1) is 0 Å². The molecule has 0 spiro atoms. The highest BCUT2D eigenvalue weighted by Gasteiger charge is 2.39. The van der Waals surface area contributed by atoms with E-state index < -0.39 is 8.56 Å². The Hall–Kier alpha value is -0.163. The molecule has 2 nitrogen and oxygen atoms in total. The minimum absolute atomic E-state index is 0.780.